The summed E-state index contributed by atoms with van der Waals surface area (Å²) < 4.78 is 0. The van der Waals surface area contributed by atoms with E-state index in [1.807, 2.05) is 0 Å². The largest absolute Gasteiger partial charge is 0.357 e. The van der Waals surface area contributed by atoms with Crippen LogP contribution in [-0.4, -0.2) is 67.6 Å². The molecule has 1 aromatic rings. The lowest BCUT2D eigenvalue weighted by Crippen LogP contribution is -2.53. The Bertz CT molecular complexity index is 549. The molecule has 0 amide bonds. The van der Waals surface area contributed by atoms with Crippen LogP contribution in [0.4, 0.5) is 0 Å². The third-order valence-electron chi connectivity index (χ3n) is 5.29. The average molecular weight is 360 g/mol. The van der Waals surface area contributed by atoms with E-state index in [-0.39, 0.29) is 0 Å². The number of aryl methyl sites for hydroxylation is 1. The van der Waals surface area contributed by atoms with Gasteiger partial charge in [0.25, 0.3) is 0 Å². The predicted octanol–water partition coefficient (Wildman–Crippen LogP) is 2.33. The van der Waals surface area contributed by atoms with E-state index in [9.17, 15) is 0 Å². The van der Waals surface area contributed by atoms with Crippen LogP contribution in [0.15, 0.2) is 29.3 Å². The van der Waals surface area contributed by atoms with Crippen molar-refractivity contribution in [3.8, 4) is 0 Å². The van der Waals surface area contributed by atoms with Crippen molar-refractivity contribution in [3.05, 3.63) is 35.4 Å². The van der Waals surface area contributed by atoms with Gasteiger partial charge in [-0.3, -0.25) is 4.90 Å². The van der Waals surface area contributed by atoms with Crippen LogP contribution in [-0.2, 0) is 13.0 Å². The number of piperazine rings is 1. The van der Waals surface area contributed by atoms with Crippen molar-refractivity contribution in [2.45, 2.75) is 46.7 Å². The number of hydrogen-bond acceptors (Lipinski definition) is 3. The summed E-state index contributed by atoms with van der Waals surface area (Å²) in [6.45, 7) is 17.3. The maximum Gasteiger partial charge on any atom is 0.191 e. The summed E-state index contributed by atoms with van der Waals surface area (Å²) in [5, 5.41) is 6.91. The number of hydrogen-bond donors (Lipinski definition) is 2. The quantitative estimate of drug-likeness (QED) is 0.552. The number of rotatable bonds is 8. The van der Waals surface area contributed by atoms with E-state index in [0.29, 0.717) is 6.04 Å². The van der Waals surface area contributed by atoms with Gasteiger partial charge >= 0.3 is 0 Å². The topological polar surface area (TPSA) is 42.9 Å². The normalized spacial score (nSPS) is 17.9. The first-order chi connectivity index (χ1) is 12.7. The third kappa shape index (κ3) is 6.29. The summed E-state index contributed by atoms with van der Waals surface area (Å²) in [6.07, 6.45) is 1.05. The first kappa shape index (κ1) is 20.7. The zero-order chi connectivity index (χ0) is 18.8. The van der Waals surface area contributed by atoms with Crippen molar-refractivity contribution in [2.75, 3.05) is 45.8 Å². The van der Waals surface area contributed by atoms with Crippen LogP contribution in [0, 0.1) is 0 Å². The maximum absolute atomic E-state index is 4.80. The molecule has 2 N–H and O–H groups in total. The van der Waals surface area contributed by atoms with E-state index in [2.05, 4.69) is 72.4 Å². The van der Waals surface area contributed by atoms with Crippen molar-refractivity contribution in [1.29, 1.82) is 0 Å². The van der Waals surface area contributed by atoms with Crippen LogP contribution < -0.4 is 10.6 Å². The first-order valence-electron chi connectivity index (χ1n) is 10.2. The number of likely N-dealkylation sites (N-methyl/N-ethyl adjacent to an activating group) is 1. The number of benzene rings is 1. The predicted molar refractivity (Wildman–Crippen MR) is 112 cm³/mol. The van der Waals surface area contributed by atoms with Crippen molar-refractivity contribution in [1.82, 2.24) is 20.4 Å². The van der Waals surface area contributed by atoms with E-state index in [0.717, 1.165) is 51.6 Å². The van der Waals surface area contributed by atoms with Crippen LogP contribution in [0.3, 0.4) is 0 Å². The molecule has 1 heterocycles. The fourth-order valence-corrected chi connectivity index (χ4v) is 3.46. The molecule has 1 unspecified atom stereocenters. The Balaban J connectivity index is 1.87. The molecule has 0 bridgehead atoms. The first-order valence-corrected chi connectivity index (χ1v) is 10.2. The Morgan fingerprint density at radius 3 is 2.35 bits per heavy atom. The van der Waals surface area contributed by atoms with Gasteiger partial charge in [-0.25, -0.2) is 4.99 Å². The highest BCUT2D eigenvalue weighted by Gasteiger charge is 2.20. The van der Waals surface area contributed by atoms with Gasteiger partial charge in [0.05, 0.1) is 6.54 Å². The van der Waals surface area contributed by atoms with E-state index in [4.69, 9.17) is 4.99 Å². The van der Waals surface area contributed by atoms with Gasteiger partial charge in [0.2, 0.25) is 0 Å². The second-order valence-corrected chi connectivity index (χ2v) is 7.02. The zero-order valence-corrected chi connectivity index (χ0v) is 17.1. The molecule has 0 aromatic heterocycles. The highest BCUT2D eigenvalue weighted by atomic mass is 15.3. The molecule has 1 saturated heterocycles. The molecule has 0 spiro atoms. The molecule has 146 valence electrons. The fourth-order valence-electron chi connectivity index (χ4n) is 3.46. The Morgan fingerprint density at radius 2 is 1.73 bits per heavy atom. The average Bonchev–Trinajstić information content (AvgIpc) is 2.70. The summed E-state index contributed by atoms with van der Waals surface area (Å²) in [5.41, 5.74) is 2.70. The molecule has 0 saturated carbocycles. The minimum atomic E-state index is 0.515. The third-order valence-corrected chi connectivity index (χ3v) is 5.29. The molecule has 1 atom stereocenters. The molecule has 2 rings (SSSR count). The van der Waals surface area contributed by atoms with Gasteiger partial charge in [0.15, 0.2) is 5.96 Å². The van der Waals surface area contributed by atoms with E-state index < -0.39 is 0 Å². The fraction of sp³-hybridized carbons (Fsp3) is 0.667. The molecular weight excluding hydrogens is 322 g/mol. The Labute approximate surface area is 159 Å². The maximum atomic E-state index is 4.80. The molecular formula is C21H37N5. The Kier molecular flexibility index (Phi) is 8.92. The highest BCUT2D eigenvalue weighted by molar-refractivity contribution is 5.79. The Morgan fingerprint density at radius 1 is 1.04 bits per heavy atom. The number of nitrogens with one attached hydrogen (secondary N) is 2. The number of nitrogens with zero attached hydrogens (tertiary/aromatic N) is 3. The smallest absolute Gasteiger partial charge is 0.191 e. The van der Waals surface area contributed by atoms with Gasteiger partial charge in [-0.2, -0.15) is 0 Å². The lowest BCUT2D eigenvalue weighted by Gasteiger charge is -2.37. The van der Waals surface area contributed by atoms with Crippen LogP contribution in [0.2, 0.25) is 0 Å². The van der Waals surface area contributed by atoms with Crippen LogP contribution in [0.5, 0.6) is 0 Å². The van der Waals surface area contributed by atoms with E-state index >= 15 is 0 Å². The van der Waals surface area contributed by atoms with Crippen LogP contribution in [0.1, 0.15) is 38.8 Å². The summed E-state index contributed by atoms with van der Waals surface area (Å²) in [7, 11) is 0. The molecule has 5 heteroatoms. The van der Waals surface area contributed by atoms with E-state index in [1.54, 1.807) is 0 Å². The zero-order valence-electron chi connectivity index (χ0n) is 17.1. The molecule has 26 heavy (non-hydrogen) atoms. The molecule has 1 aromatic carbocycles. The minimum Gasteiger partial charge on any atom is -0.357 e. The molecule has 1 aliphatic heterocycles. The molecule has 1 aliphatic rings. The SMILES string of the molecule is CCNC(=NCc1ccccc1CC)NCC(C)N1CCN(CC)CC1. The second-order valence-electron chi connectivity index (χ2n) is 7.02. The minimum absolute atomic E-state index is 0.515. The lowest BCUT2D eigenvalue weighted by molar-refractivity contribution is 0.107. The Hall–Kier alpha value is -1.59. The lowest BCUT2D eigenvalue weighted by atomic mass is 10.1. The van der Waals surface area contributed by atoms with Gasteiger partial charge in [-0.1, -0.05) is 38.1 Å². The monoisotopic (exact) mass is 359 g/mol. The second kappa shape index (κ2) is 11.2. The van der Waals surface area contributed by atoms with Crippen molar-refractivity contribution >= 4 is 5.96 Å². The number of guanidine groups is 1. The highest BCUT2D eigenvalue weighted by Crippen LogP contribution is 2.10. The summed E-state index contributed by atoms with van der Waals surface area (Å²) in [6, 6.07) is 9.10. The molecule has 5 nitrogen and oxygen atoms in total. The molecule has 1 fully saturated rings. The van der Waals surface area contributed by atoms with Gasteiger partial charge in [-0.15, -0.1) is 0 Å². The summed E-state index contributed by atoms with van der Waals surface area (Å²) >= 11 is 0. The standard InChI is InChI=1S/C21H37N5/c1-5-19-10-8-9-11-20(19)17-24-21(22-6-2)23-16-18(4)26-14-12-25(7-3)13-15-26/h8-11,18H,5-7,12-17H2,1-4H3,(H2,22,23,24). The number of aliphatic imine (C=N–C) groups is 1. The van der Waals surface area contributed by atoms with E-state index in [1.165, 1.54) is 24.2 Å². The van der Waals surface area contributed by atoms with Gasteiger partial charge in [0, 0.05) is 45.3 Å². The van der Waals surface area contributed by atoms with Gasteiger partial charge in [-0.05, 0) is 37.9 Å². The van der Waals surface area contributed by atoms with Crippen molar-refractivity contribution < 1.29 is 0 Å². The van der Waals surface area contributed by atoms with Crippen LogP contribution >= 0.6 is 0 Å². The molecule has 0 aliphatic carbocycles. The summed E-state index contributed by atoms with van der Waals surface area (Å²) in [4.78, 5) is 9.90. The summed E-state index contributed by atoms with van der Waals surface area (Å²) in [5.74, 6) is 0.914. The molecule has 0 radical (unpaired) electrons. The van der Waals surface area contributed by atoms with Crippen molar-refractivity contribution in [3.63, 3.8) is 0 Å². The van der Waals surface area contributed by atoms with Gasteiger partial charge in [0.1, 0.15) is 0 Å². The van der Waals surface area contributed by atoms with Crippen molar-refractivity contribution in [2.24, 2.45) is 4.99 Å². The van der Waals surface area contributed by atoms with Gasteiger partial charge < -0.3 is 15.5 Å². The van der Waals surface area contributed by atoms with Crippen LogP contribution in [0.25, 0.3) is 0 Å².